The molecule has 1 fully saturated rings. The van der Waals surface area contributed by atoms with Crippen molar-refractivity contribution in [2.75, 3.05) is 5.73 Å². The summed E-state index contributed by atoms with van der Waals surface area (Å²) in [7, 11) is 0. The van der Waals surface area contributed by atoms with Crippen LogP contribution in [0, 0.1) is 6.92 Å². The van der Waals surface area contributed by atoms with E-state index >= 15 is 0 Å². The summed E-state index contributed by atoms with van der Waals surface area (Å²) < 4.78 is 5.49. The number of hydrogen-bond acceptors (Lipinski definition) is 3. The number of carbonyl (C=O) groups is 1. The molecular weight excluding hydrogens is 252 g/mol. The molecule has 4 heteroatoms. The number of nitrogens with two attached hydrogens (primary N) is 1. The van der Waals surface area contributed by atoms with Crippen molar-refractivity contribution in [1.29, 1.82) is 0 Å². The number of amides is 1. The van der Waals surface area contributed by atoms with E-state index in [1.54, 1.807) is 0 Å². The quantitative estimate of drug-likeness (QED) is 0.860. The lowest BCUT2D eigenvalue weighted by molar-refractivity contribution is 0.0216. The lowest BCUT2D eigenvalue weighted by Crippen LogP contribution is -2.37. The average molecular weight is 276 g/mol. The molecule has 1 amide bonds. The number of benzene rings is 1. The van der Waals surface area contributed by atoms with Gasteiger partial charge in [0.1, 0.15) is 5.60 Å². The van der Waals surface area contributed by atoms with Gasteiger partial charge in [-0.3, -0.25) is 0 Å². The molecule has 4 nitrogen and oxygen atoms in total. The van der Waals surface area contributed by atoms with Gasteiger partial charge in [0.05, 0.1) is 0 Å². The van der Waals surface area contributed by atoms with Crippen LogP contribution in [0.4, 0.5) is 10.5 Å². The Balaban J connectivity index is 2.11. The average Bonchev–Trinajstić information content (AvgIpc) is 3.05. The van der Waals surface area contributed by atoms with Crippen molar-refractivity contribution in [2.24, 2.45) is 0 Å². The van der Waals surface area contributed by atoms with Gasteiger partial charge in [-0.05, 0) is 63.8 Å². The van der Waals surface area contributed by atoms with Crippen LogP contribution in [0.15, 0.2) is 18.2 Å². The van der Waals surface area contributed by atoms with E-state index in [9.17, 15) is 4.79 Å². The molecule has 0 atom stereocenters. The van der Waals surface area contributed by atoms with Crippen LogP contribution in [0.25, 0.3) is 0 Å². The molecule has 0 unspecified atom stereocenters. The lowest BCUT2D eigenvalue weighted by atomic mass is 10.1. The Bertz CT molecular complexity index is 481. The molecule has 1 aliphatic carbocycles. The summed E-state index contributed by atoms with van der Waals surface area (Å²) in [6, 6.07) is 6.23. The Morgan fingerprint density at radius 3 is 2.50 bits per heavy atom. The van der Waals surface area contributed by atoms with E-state index in [-0.39, 0.29) is 6.09 Å². The Kier molecular flexibility index (Phi) is 3.93. The van der Waals surface area contributed by atoms with Crippen LogP contribution < -0.4 is 5.73 Å². The van der Waals surface area contributed by atoms with Gasteiger partial charge in [0.2, 0.25) is 0 Å². The topological polar surface area (TPSA) is 55.6 Å². The summed E-state index contributed by atoms with van der Waals surface area (Å²) in [5, 5.41) is 0. The summed E-state index contributed by atoms with van der Waals surface area (Å²) in [5.74, 6) is 0. The first-order valence-corrected chi connectivity index (χ1v) is 7.10. The van der Waals surface area contributed by atoms with Gasteiger partial charge in [-0.1, -0.05) is 6.07 Å². The van der Waals surface area contributed by atoms with Crippen LogP contribution in [0.3, 0.4) is 0 Å². The zero-order chi connectivity index (χ0) is 14.9. The fourth-order valence-corrected chi connectivity index (χ4v) is 2.23. The Morgan fingerprint density at radius 1 is 1.35 bits per heavy atom. The second-order valence-corrected chi connectivity index (χ2v) is 6.59. The number of nitrogens with zero attached hydrogens (tertiary/aromatic N) is 1. The van der Waals surface area contributed by atoms with Crippen LogP contribution in [0.1, 0.15) is 44.7 Å². The van der Waals surface area contributed by atoms with Crippen LogP contribution in [0.5, 0.6) is 0 Å². The Labute approximate surface area is 120 Å². The number of anilines is 1. The molecule has 0 saturated heterocycles. The van der Waals surface area contributed by atoms with Crippen molar-refractivity contribution in [3.8, 4) is 0 Å². The summed E-state index contributed by atoms with van der Waals surface area (Å²) in [6.07, 6.45) is 1.88. The van der Waals surface area contributed by atoms with Gasteiger partial charge >= 0.3 is 6.09 Å². The minimum absolute atomic E-state index is 0.236. The Hall–Kier alpha value is -1.71. The first kappa shape index (κ1) is 14.7. The Morgan fingerprint density at radius 2 is 2.00 bits per heavy atom. The zero-order valence-corrected chi connectivity index (χ0v) is 12.8. The predicted octanol–water partition coefficient (Wildman–Crippen LogP) is 3.48. The van der Waals surface area contributed by atoms with Crippen molar-refractivity contribution in [3.05, 3.63) is 29.3 Å². The molecule has 110 valence electrons. The SMILES string of the molecule is Cc1cc(N)cc(CN(C(=O)OC(C)(C)C)C2CC2)c1. The normalized spacial score (nSPS) is 15.0. The van der Waals surface area contributed by atoms with Gasteiger partial charge < -0.3 is 15.4 Å². The van der Waals surface area contributed by atoms with E-state index in [2.05, 4.69) is 6.07 Å². The number of aryl methyl sites for hydroxylation is 1. The maximum atomic E-state index is 12.3. The molecule has 20 heavy (non-hydrogen) atoms. The number of hydrogen-bond donors (Lipinski definition) is 1. The van der Waals surface area contributed by atoms with Gasteiger partial charge in [0, 0.05) is 18.3 Å². The van der Waals surface area contributed by atoms with E-state index in [0.717, 1.165) is 29.7 Å². The van der Waals surface area contributed by atoms with E-state index in [1.165, 1.54) is 0 Å². The van der Waals surface area contributed by atoms with E-state index in [1.807, 2.05) is 44.7 Å². The van der Waals surface area contributed by atoms with Crippen LogP contribution >= 0.6 is 0 Å². The first-order valence-electron chi connectivity index (χ1n) is 7.10. The molecule has 0 spiro atoms. The van der Waals surface area contributed by atoms with Gasteiger partial charge in [0.25, 0.3) is 0 Å². The second-order valence-electron chi connectivity index (χ2n) is 6.59. The number of rotatable bonds is 3. The van der Waals surface area contributed by atoms with E-state index < -0.39 is 5.60 Å². The van der Waals surface area contributed by atoms with Crippen molar-refractivity contribution in [3.63, 3.8) is 0 Å². The van der Waals surface area contributed by atoms with E-state index in [4.69, 9.17) is 10.5 Å². The molecular formula is C16H24N2O2. The molecule has 0 heterocycles. The molecule has 1 aromatic rings. The highest BCUT2D eigenvalue weighted by Crippen LogP contribution is 2.30. The highest BCUT2D eigenvalue weighted by molar-refractivity contribution is 5.69. The summed E-state index contributed by atoms with van der Waals surface area (Å²) in [4.78, 5) is 14.1. The highest BCUT2D eigenvalue weighted by atomic mass is 16.6. The third kappa shape index (κ3) is 4.15. The maximum Gasteiger partial charge on any atom is 0.410 e. The molecule has 1 aliphatic rings. The minimum atomic E-state index is -0.462. The predicted molar refractivity (Wildman–Crippen MR) is 80.4 cm³/mol. The number of ether oxygens (including phenoxy) is 1. The lowest BCUT2D eigenvalue weighted by Gasteiger charge is -2.27. The van der Waals surface area contributed by atoms with Crippen molar-refractivity contribution >= 4 is 11.8 Å². The fourth-order valence-electron chi connectivity index (χ4n) is 2.23. The molecule has 2 rings (SSSR count). The molecule has 0 aromatic heterocycles. The van der Waals surface area contributed by atoms with Crippen LogP contribution in [-0.2, 0) is 11.3 Å². The third-order valence-electron chi connectivity index (χ3n) is 3.13. The second kappa shape index (κ2) is 5.35. The van der Waals surface area contributed by atoms with Gasteiger partial charge in [-0.2, -0.15) is 0 Å². The molecule has 1 aromatic carbocycles. The van der Waals surface area contributed by atoms with Gasteiger partial charge in [-0.15, -0.1) is 0 Å². The summed E-state index contributed by atoms with van der Waals surface area (Å²) in [6.45, 7) is 8.24. The summed E-state index contributed by atoms with van der Waals surface area (Å²) >= 11 is 0. The highest BCUT2D eigenvalue weighted by Gasteiger charge is 2.35. The third-order valence-corrected chi connectivity index (χ3v) is 3.13. The number of carbonyl (C=O) groups excluding carboxylic acids is 1. The van der Waals surface area contributed by atoms with Gasteiger partial charge in [0.15, 0.2) is 0 Å². The fraction of sp³-hybridized carbons (Fsp3) is 0.562. The standard InChI is InChI=1S/C16H24N2O2/c1-11-7-12(9-13(17)8-11)10-18(14-5-6-14)15(19)20-16(2,3)4/h7-9,14H,5-6,10,17H2,1-4H3. The zero-order valence-electron chi connectivity index (χ0n) is 12.8. The van der Waals surface area contributed by atoms with Crippen molar-refractivity contribution in [1.82, 2.24) is 4.90 Å². The first-order chi connectivity index (χ1) is 9.24. The van der Waals surface area contributed by atoms with Crippen LogP contribution in [0.2, 0.25) is 0 Å². The van der Waals surface area contributed by atoms with Gasteiger partial charge in [-0.25, -0.2) is 4.79 Å². The monoisotopic (exact) mass is 276 g/mol. The van der Waals surface area contributed by atoms with E-state index in [0.29, 0.717) is 12.6 Å². The smallest absolute Gasteiger partial charge is 0.410 e. The molecule has 0 bridgehead atoms. The maximum absolute atomic E-state index is 12.3. The summed E-state index contributed by atoms with van der Waals surface area (Å²) in [5.41, 5.74) is 8.31. The minimum Gasteiger partial charge on any atom is -0.444 e. The molecule has 0 aliphatic heterocycles. The largest absolute Gasteiger partial charge is 0.444 e. The number of nitrogen functional groups attached to an aromatic ring is 1. The van der Waals surface area contributed by atoms with Crippen LogP contribution in [-0.4, -0.2) is 22.6 Å². The van der Waals surface area contributed by atoms with Crippen molar-refractivity contribution < 1.29 is 9.53 Å². The molecule has 0 radical (unpaired) electrons. The molecule has 1 saturated carbocycles. The molecule has 2 N–H and O–H groups in total. The van der Waals surface area contributed by atoms with Crippen molar-refractivity contribution in [2.45, 2.75) is 58.7 Å².